The molecule has 2 aromatic rings. The quantitative estimate of drug-likeness (QED) is 0.922. The van der Waals surface area contributed by atoms with Crippen LogP contribution in [0, 0.1) is 6.92 Å². The molecule has 3 heterocycles. The Morgan fingerprint density at radius 2 is 1.87 bits per heavy atom. The molecule has 0 unspecified atom stereocenters. The molecule has 1 aliphatic rings. The lowest BCUT2D eigenvalue weighted by Crippen LogP contribution is -2.52. The molecule has 120 valence electrons. The Balaban J connectivity index is 1.47. The molecule has 1 saturated heterocycles. The van der Waals surface area contributed by atoms with Crippen LogP contribution in [0.15, 0.2) is 36.8 Å². The van der Waals surface area contributed by atoms with Gasteiger partial charge in [-0.15, -0.1) is 0 Å². The van der Waals surface area contributed by atoms with Crippen molar-refractivity contribution in [3.05, 3.63) is 48.0 Å². The standard InChI is InChI=1S/C16H20N6O/c1-13-3-4-14(11-19-13)12-20-16(23)22-9-7-21(8-10-22)15-17-5-2-6-18-15/h2-6,11H,7-10,12H2,1H3,(H,20,23). The van der Waals surface area contributed by atoms with Crippen LogP contribution in [-0.2, 0) is 6.54 Å². The highest BCUT2D eigenvalue weighted by atomic mass is 16.2. The zero-order valence-electron chi connectivity index (χ0n) is 13.1. The van der Waals surface area contributed by atoms with Crippen molar-refractivity contribution in [1.29, 1.82) is 0 Å². The van der Waals surface area contributed by atoms with Crippen LogP contribution in [0.5, 0.6) is 0 Å². The van der Waals surface area contributed by atoms with Crippen molar-refractivity contribution in [2.45, 2.75) is 13.5 Å². The molecule has 23 heavy (non-hydrogen) atoms. The van der Waals surface area contributed by atoms with Crippen LogP contribution in [0.2, 0.25) is 0 Å². The summed E-state index contributed by atoms with van der Waals surface area (Å²) >= 11 is 0. The minimum atomic E-state index is -0.0424. The minimum absolute atomic E-state index is 0.0424. The largest absolute Gasteiger partial charge is 0.337 e. The number of carbonyl (C=O) groups is 1. The maximum Gasteiger partial charge on any atom is 0.317 e. The molecule has 0 aliphatic carbocycles. The van der Waals surface area contributed by atoms with E-state index >= 15 is 0 Å². The zero-order chi connectivity index (χ0) is 16.1. The lowest BCUT2D eigenvalue weighted by Gasteiger charge is -2.34. The number of urea groups is 1. The van der Waals surface area contributed by atoms with Gasteiger partial charge >= 0.3 is 6.03 Å². The second kappa shape index (κ2) is 7.04. The van der Waals surface area contributed by atoms with Gasteiger partial charge in [0.15, 0.2) is 0 Å². The van der Waals surface area contributed by atoms with E-state index in [0.29, 0.717) is 19.6 Å². The van der Waals surface area contributed by atoms with Crippen molar-refractivity contribution in [2.75, 3.05) is 31.1 Å². The van der Waals surface area contributed by atoms with Gasteiger partial charge in [0.25, 0.3) is 0 Å². The summed E-state index contributed by atoms with van der Waals surface area (Å²) in [4.78, 5) is 28.9. The van der Waals surface area contributed by atoms with Crippen LogP contribution < -0.4 is 10.2 Å². The number of hydrogen-bond acceptors (Lipinski definition) is 5. The van der Waals surface area contributed by atoms with E-state index in [2.05, 4.69) is 25.2 Å². The van der Waals surface area contributed by atoms with Crippen molar-refractivity contribution >= 4 is 12.0 Å². The molecule has 0 atom stereocenters. The first-order chi connectivity index (χ1) is 11.2. The summed E-state index contributed by atoms with van der Waals surface area (Å²) in [6, 6.07) is 5.68. The highest BCUT2D eigenvalue weighted by Gasteiger charge is 2.22. The van der Waals surface area contributed by atoms with Crippen molar-refractivity contribution in [3.8, 4) is 0 Å². The van der Waals surface area contributed by atoms with E-state index in [9.17, 15) is 4.79 Å². The first-order valence-electron chi connectivity index (χ1n) is 7.68. The van der Waals surface area contributed by atoms with Crippen LogP contribution >= 0.6 is 0 Å². The second-order valence-corrected chi connectivity index (χ2v) is 5.49. The van der Waals surface area contributed by atoms with Crippen LogP contribution in [0.1, 0.15) is 11.3 Å². The maximum atomic E-state index is 12.2. The molecule has 0 aromatic carbocycles. The first-order valence-corrected chi connectivity index (χ1v) is 7.68. The van der Waals surface area contributed by atoms with Crippen molar-refractivity contribution in [2.24, 2.45) is 0 Å². The Morgan fingerprint density at radius 3 is 2.52 bits per heavy atom. The number of hydrogen-bond donors (Lipinski definition) is 1. The summed E-state index contributed by atoms with van der Waals surface area (Å²) in [5.74, 6) is 0.721. The van der Waals surface area contributed by atoms with Crippen LogP contribution in [0.4, 0.5) is 10.7 Å². The molecule has 3 rings (SSSR count). The molecular formula is C16H20N6O. The van der Waals surface area contributed by atoms with Gasteiger partial charge < -0.3 is 15.1 Å². The van der Waals surface area contributed by atoms with E-state index in [1.54, 1.807) is 24.7 Å². The SMILES string of the molecule is Cc1ccc(CNC(=O)N2CCN(c3ncccn3)CC2)cn1. The molecule has 1 aliphatic heterocycles. The molecule has 2 amide bonds. The molecule has 0 radical (unpaired) electrons. The number of amides is 2. The fourth-order valence-electron chi connectivity index (χ4n) is 2.46. The van der Waals surface area contributed by atoms with Crippen molar-refractivity contribution < 1.29 is 4.79 Å². The molecule has 2 aromatic heterocycles. The van der Waals surface area contributed by atoms with Gasteiger partial charge in [0.2, 0.25) is 5.95 Å². The first kappa shape index (κ1) is 15.2. The summed E-state index contributed by atoms with van der Waals surface area (Å²) in [6.45, 7) is 5.24. The number of carbonyl (C=O) groups excluding carboxylic acids is 1. The Kier molecular flexibility index (Phi) is 4.65. The molecule has 7 nitrogen and oxygen atoms in total. The fraction of sp³-hybridized carbons (Fsp3) is 0.375. The number of piperazine rings is 1. The van der Waals surface area contributed by atoms with E-state index in [1.165, 1.54) is 0 Å². The average Bonchev–Trinajstić information content (AvgIpc) is 2.62. The van der Waals surface area contributed by atoms with Gasteiger partial charge in [0.1, 0.15) is 0 Å². The van der Waals surface area contributed by atoms with E-state index in [0.717, 1.165) is 30.3 Å². The molecule has 7 heteroatoms. The Labute approximate surface area is 135 Å². The Bertz CT molecular complexity index is 637. The number of aryl methyl sites for hydroxylation is 1. The predicted octanol–water partition coefficient (Wildman–Crippen LogP) is 1.21. The number of pyridine rings is 1. The van der Waals surface area contributed by atoms with Gasteiger partial charge in [-0.1, -0.05) is 6.07 Å². The van der Waals surface area contributed by atoms with E-state index in [-0.39, 0.29) is 6.03 Å². The maximum absolute atomic E-state index is 12.2. The Hall–Kier alpha value is -2.70. The summed E-state index contributed by atoms with van der Waals surface area (Å²) in [5, 5.41) is 2.94. The van der Waals surface area contributed by atoms with Crippen LogP contribution in [0.25, 0.3) is 0 Å². The third kappa shape index (κ3) is 3.94. The minimum Gasteiger partial charge on any atom is -0.337 e. The monoisotopic (exact) mass is 312 g/mol. The lowest BCUT2D eigenvalue weighted by molar-refractivity contribution is 0.193. The number of nitrogens with zero attached hydrogens (tertiary/aromatic N) is 5. The van der Waals surface area contributed by atoms with Gasteiger partial charge in [-0.3, -0.25) is 4.98 Å². The highest BCUT2D eigenvalue weighted by molar-refractivity contribution is 5.74. The zero-order valence-corrected chi connectivity index (χ0v) is 13.1. The van der Waals surface area contributed by atoms with Gasteiger partial charge in [-0.2, -0.15) is 0 Å². The van der Waals surface area contributed by atoms with E-state index in [1.807, 2.05) is 24.0 Å². The summed E-state index contributed by atoms with van der Waals surface area (Å²) in [6.07, 6.45) is 5.26. The fourth-order valence-corrected chi connectivity index (χ4v) is 2.46. The number of nitrogens with one attached hydrogen (secondary N) is 1. The van der Waals surface area contributed by atoms with Crippen LogP contribution in [0.3, 0.4) is 0 Å². The van der Waals surface area contributed by atoms with Crippen LogP contribution in [-0.4, -0.2) is 52.1 Å². The number of aromatic nitrogens is 3. The smallest absolute Gasteiger partial charge is 0.317 e. The number of rotatable bonds is 3. The summed E-state index contributed by atoms with van der Waals surface area (Å²) in [5.41, 5.74) is 1.97. The van der Waals surface area contributed by atoms with Gasteiger partial charge in [-0.25, -0.2) is 14.8 Å². The molecule has 0 spiro atoms. The molecule has 0 bridgehead atoms. The normalized spacial score (nSPS) is 14.7. The highest BCUT2D eigenvalue weighted by Crippen LogP contribution is 2.09. The molecule has 1 N–H and O–H groups in total. The van der Waals surface area contributed by atoms with Gasteiger partial charge in [0, 0.05) is 57.0 Å². The van der Waals surface area contributed by atoms with E-state index < -0.39 is 0 Å². The van der Waals surface area contributed by atoms with Crippen molar-refractivity contribution in [1.82, 2.24) is 25.2 Å². The van der Waals surface area contributed by atoms with Gasteiger partial charge in [0.05, 0.1) is 0 Å². The van der Waals surface area contributed by atoms with Crippen molar-refractivity contribution in [3.63, 3.8) is 0 Å². The Morgan fingerprint density at radius 1 is 1.13 bits per heavy atom. The topological polar surface area (TPSA) is 74.2 Å². The number of anilines is 1. The third-order valence-corrected chi connectivity index (χ3v) is 3.82. The average molecular weight is 312 g/mol. The summed E-state index contributed by atoms with van der Waals surface area (Å²) < 4.78 is 0. The molecule has 0 saturated carbocycles. The van der Waals surface area contributed by atoms with Gasteiger partial charge in [-0.05, 0) is 24.6 Å². The molecule has 1 fully saturated rings. The predicted molar refractivity (Wildman–Crippen MR) is 87.0 cm³/mol. The molecular weight excluding hydrogens is 292 g/mol. The lowest BCUT2D eigenvalue weighted by atomic mass is 10.2. The van der Waals surface area contributed by atoms with E-state index in [4.69, 9.17) is 0 Å². The second-order valence-electron chi connectivity index (χ2n) is 5.49. The summed E-state index contributed by atoms with van der Waals surface area (Å²) in [7, 11) is 0. The third-order valence-electron chi connectivity index (χ3n) is 3.82.